The van der Waals surface area contributed by atoms with Crippen LogP contribution in [0.15, 0.2) is 24.3 Å². The van der Waals surface area contributed by atoms with Gasteiger partial charge in [0.25, 0.3) is 5.91 Å². The van der Waals surface area contributed by atoms with Crippen LogP contribution in [0, 0.1) is 5.92 Å². The molecule has 1 atom stereocenters. The van der Waals surface area contributed by atoms with E-state index in [1.54, 1.807) is 6.92 Å². The van der Waals surface area contributed by atoms with Crippen LogP contribution in [-0.2, 0) is 15.1 Å². The first-order valence-corrected chi connectivity index (χ1v) is 5.84. The summed E-state index contributed by atoms with van der Waals surface area (Å²) in [5.74, 6) is -0.0700. The molecule has 1 aliphatic heterocycles. The molecule has 0 radical (unpaired) electrons. The topological polar surface area (TPSA) is 58.2 Å². The van der Waals surface area contributed by atoms with Crippen molar-refractivity contribution in [2.45, 2.75) is 25.3 Å². The zero-order valence-electron chi connectivity index (χ0n) is 9.62. The molecule has 1 aromatic rings. The first kappa shape index (κ1) is 10.3. The lowest BCUT2D eigenvalue weighted by atomic mass is 9.93. The van der Waals surface area contributed by atoms with Crippen molar-refractivity contribution in [1.29, 1.82) is 0 Å². The molecule has 17 heavy (non-hydrogen) atoms. The van der Waals surface area contributed by atoms with Crippen molar-refractivity contribution in [2.75, 3.05) is 5.32 Å². The van der Waals surface area contributed by atoms with E-state index in [4.69, 9.17) is 0 Å². The van der Waals surface area contributed by atoms with Crippen LogP contribution >= 0.6 is 0 Å². The van der Waals surface area contributed by atoms with Gasteiger partial charge in [-0.2, -0.15) is 0 Å². The van der Waals surface area contributed by atoms with Gasteiger partial charge in [0.2, 0.25) is 5.91 Å². The van der Waals surface area contributed by atoms with Crippen molar-refractivity contribution in [3.05, 3.63) is 29.8 Å². The molecule has 1 unspecified atom stereocenters. The minimum absolute atomic E-state index is 0.0145. The summed E-state index contributed by atoms with van der Waals surface area (Å²) in [7, 11) is 0. The fourth-order valence-electron chi connectivity index (χ4n) is 2.22. The quantitative estimate of drug-likeness (QED) is 0.806. The second kappa shape index (κ2) is 3.32. The molecular weight excluding hydrogens is 216 g/mol. The molecule has 88 valence electrons. The van der Waals surface area contributed by atoms with Gasteiger partial charge in [-0.25, -0.2) is 0 Å². The Kier molecular flexibility index (Phi) is 2.02. The molecule has 1 fully saturated rings. The molecule has 1 saturated carbocycles. The van der Waals surface area contributed by atoms with E-state index in [0.717, 1.165) is 24.1 Å². The van der Waals surface area contributed by atoms with Gasteiger partial charge in [-0.3, -0.25) is 9.59 Å². The van der Waals surface area contributed by atoms with E-state index in [0.29, 0.717) is 0 Å². The molecule has 4 heteroatoms. The Morgan fingerprint density at radius 3 is 2.82 bits per heavy atom. The van der Waals surface area contributed by atoms with E-state index < -0.39 is 5.54 Å². The Hall–Kier alpha value is -1.84. The number of nitrogens with one attached hydrogen (secondary N) is 2. The van der Waals surface area contributed by atoms with Crippen LogP contribution in [0.25, 0.3) is 0 Å². The fourth-order valence-corrected chi connectivity index (χ4v) is 2.22. The van der Waals surface area contributed by atoms with Crippen LogP contribution in [0.1, 0.15) is 25.3 Å². The van der Waals surface area contributed by atoms with E-state index in [-0.39, 0.29) is 17.7 Å². The second-order valence-corrected chi connectivity index (χ2v) is 4.89. The molecule has 0 spiro atoms. The highest BCUT2D eigenvalue weighted by Gasteiger charge is 2.45. The van der Waals surface area contributed by atoms with Gasteiger partial charge in [-0.1, -0.05) is 18.2 Å². The van der Waals surface area contributed by atoms with Gasteiger partial charge in [-0.15, -0.1) is 0 Å². The Balaban J connectivity index is 1.94. The Morgan fingerprint density at radius 1 is 1.41 bits per heavy atom. The van der Waals surface area contributed by atoms with Crippen molar-refractivity contribution >= 4 is 17.5 Å². The molecule has 0 saturated heterocycles. The SMILES string of the molecule is CC1(NC(=O)C2CC2)C(=O)Nc2ccccc21. The molecule has 2 amide bonds. The van der Waals surface area contributed by atoms with Gasteiger partial charge in [0.1, 0.15) is 5.54 Å². The van der Waals surface area contributed by atoms with Gasteiger partial charge in [0.05, 0.1) is 0 Å². The summed E-state index contributed by atoms with van der Waals surface area (Å²) in [6.07, 6.45) is 1.87. The largest absolute Gasteiger partial charge is 0.338 e. The Bertz CT molecular complexity index is 508. The molecule has 4 nitrogen and oxygen atoms in total. The zero-order chi connectivity index (χ0) is 12.0. The molecule has 1 heterocycles. The number of amides is 2. The van der Waals surface area contributed by atoms with Crippen molar-refractivity contribution in [2.24, 2.45) is 5.92 Å². The minimum atomic E-state index is -0.920. The van der Waals surface area contributed by atoms with E-state index in [9.17, 15) is 9.59 Å². The van der Waals surface area contributed by atoms with Gasteiger partial charge < -0.3 is 10.6 Å². The number of para-hydroxylation sites is 1. The van der Waals surface area contributed by atoms with Gasteiger partial charge >= 0.3 is 0 Å². The number of anilines is 1. The average Bonchev–Trinajstić information content (AvgIpc) is 3.10. The highest BCUT2D eigenvalue weighted by molar-refractivity contribution is 6.07. The van der Waals surface area contributed by atoms with Crippen molar-refractivity contribution in [1.82, 2.24) is 5.32 Å². The van der Waals surface area contributed by atoms with Crippen LogP contribution in [0.2, 0.25) is 0 Å². The summed E-state index contributed by atoms with van der Waals surface area (Å²) in [4.78, 5) is 23.8. The molecule has 0 bridgehead atoms. The average molecular weight is 230 g/mol. The molecule has 3 rings (SSSR count). The standard InChI is InChI=1S/C13H14N2O2/c1-13(15-11(16)8-6-7-8)9-4-2-3-5-10(9)14-12(13)17/h2-5,8H,6-7H2,1H3,(H,14,17)(H,15,16). The predicted octanol–water partition coefficient (Wildman–Crippen LogP) is 1.38. The third kappa shape index (κ3) is 1.52. The number of rotatable bonds is 2. The number of carbonyl (C=O) groups excluding carboxylic acids is 2. The summed E-state index contributed by atoms with van der Waals surface area (Å²) < 4.78 is 0. The lowest BCUT2D eigenvalue weighted by molar-refractivity contribution is -0.130. The Labute approximate surface area is 99.4 Å². The lowest BCUT2D eigenvalue weighted by Gasteiger charge is -2.23. The zero-order valence-corrected chi connectivity index (χ0v) is 9.62. The maximum atomic E-state index is 12.0. The van der Waals surface area contributed by atoms with Crippen molar-refractivity contribution in [3.63, 3.8) is 0 Å². The third-order valence-corrected chi connectivity index (χ3v) is 3.49. The first-order valence-electron chi connectivity index (χ1n) is 5.84. The Morgan fingerprint density at radius 2 is 2.12 bits per heavy atom. The van der Waals surface area contributed by atoms with Crippen LogP contribution in [0.3, 0.4) is 0 Å². The smallest absolute Gasteiger partial charge is 0.254 e. The molecule has 1 aliphatic carbocycles. The lowest BCUT2D eigenvalue weighted by Crippen LogP contribution is -2.49. The summed E-state index contributed by atoms with van der Waals surface area (Å²) >= 11 is 0. The minimum Gasteiger partial charge on any atom is -0.338 e. The van der Waals surface area contributed by atoms with Gasteiger partial charge in [0, 0.05) is 17.2 Å². The monoisotopic (exact) mass is 230 g/mol. The maximum absolute atomic E-state index is 12.0. The van der Waals surface area contributed by atoms with Crippen molar-refractivity contribution < 1.29 is 9.59 Å². The van der Waals surface area contributed by atoms with Gasteiger partial charge in [-0.05, 0) is 25.8 Å². The normalized spacial score (nSPS) is 26.3. The molecular formula is C13H14N2O2. The van der Waals surface area contributed by atoms with Crippen LogP contribution in [0.4, 0.5) is 5.69 Å². The van der Waals surface area contributed by atoms with Crippen LogP contribution in [0.5, 0.6) is 0 Å². The molecule has 1 aromatic carbocycles. The van der Waals surface area contributed by atoms with E-state index in [1.807, 2.05) is 24.3 Å². The van der Waals surface area contributed by atoms with E-state index in [1.165, 1.54) is 0 Å². The summed E-state index contributed by atoms with van der Waals surface area (Å²) in [6, 6.07) is 7.47. The number of hydrogen-bond acceptors (Lipinski definition) is 2. The molecule has 2 aliphatic rings. The first-order chi connectivity index (χ1) is 8.11. The number of fused-ring (bicyclic) bond motifs is 1. The summed E-state index contributed by atoms with van der Waals surface area (Å²) in [6.45, 7) is 1.76. The predicted molar refractivity (Wildman–Crippen MR) is 63.3 cm³/mol. The highest BCUT2D eigenvalue weighted by Crippen LogP contribution is 2.37. The van der Waals surface area contributed by atoms with E-state index in [2.05, 4.69) is 10.6 Å². The number of hydrogen-bond donors (Lipinski definition) is 2. The fraction of sp³-hybridized carbons (Fsp3) is 0.385. The number of carbonyl (C=O) groups is 2. The molecule has 0 aromatic heterocycles. The molecule has 2 N–H and O–H groups in total. The third-order valence-electron chi connectivity index (χ3n) is 3.49. The summed E-state index contributed by atoms with van der Waals surface area (Å²) in [5, 5.41) is 5.67. The number of benzene rings is 1. The maximum Gasteiger partial charge on any atom is 0.254 e. The van der Waals surface area contributed by atoms with E-state index >= 15 is 0 Å². The second-order valence-electron chi connectivity index (χ2n) is 4.89. The highest BCUT2D eigenvalue weighted by atomic mass is 16.2. The van der Waals surface area contributed by atoms with Crippen LogP contribution < -0.4 is 10.6 Å². The van der Waals surface area contributed by atoms with Crippen molar-refractivity contribution in [3.8, 4) is 0 Å². The van der Waals surface area contributed by atoms with Gasteiger partial charge in [0.15, 0.2) is 0 Å². The summed E-state index contributed by atoms with van der Waals surface area (Å²) in [5.41, 5.74) is 0.714. The van der Waals surface area contributed by atoms with Crippen LogP contribution in [-0.4, -0.2) is 11.8 Å².